The third-order valence-electron chi connectivity index (χ3n) is 3.70. The zero-order valence-electron chi connectivity index (χ0n) is 14.8. The third kappa shape index (κ3) is 4.93. The number of likely N-dealkylation sites (N-methyl/N-ethyl adjacent to an activating group) is 1. The van der Waals surface area contributed by atoms with Gasteiger partial charge in [-0.2, -0.15) is 4.98 Å². The molecule has 5 heteroatoms. The molecule has 2 aromatic rings. The molecule has 0 fully saturated rings. The molecule has 0 spiro atoms. The van der Waals surface area contributed by atoms with Gasteiger partial charge < -0.3 is 15.5 Å². The molecule has 0 aliphatic rings. The summed E-state index contributed by atoms with van der Waals surface area (Å²) in [5.74, 6) is 1.50. The fourth-order valence-electron chi connectivity index (χ4n) is 2.44. The monoisotopic (exact) mass is 313 g/mol. The Hall–Kier alpha value is -2.14. The van der Waals surface area contributed by atoms with E-state index >= 15 is 0 Å². The molecule has 0 saturated carbocycles. The molecule has 0 atom stereocenters. The molecule has 0 amide bonds. The van der Waals surface area contributed by atoms with Crippen LogP contribution in [0.2, 0.25) is 0 Å². The topological polar surface area (TPSA) is 53.1 Å². The van der Waals surface area contributed by atoms with E-state index in [0.717, 1.165) is 36.7 Å². The Morgan fingerprint density at radius 1 is 1.13 bits per heavy atom. The summed E-state index contributed by atoms with van der Waals surface area (Å²) in [6.07, 6.45) is 0.976. The highest BCUT2D eigenvalue weighted by Gasteiger charge is 2.08. The molecule has 0 aliphatic heterocycles. The Bertz CT molecular complexity index is 652. The van der Waals surface area contributed by atoms with Crippen LogP contribution in [0.4, 0.5) is 17.5 Å². The van der Waals surface area contributed by atoms with Gasteiger partial charge in [0.15, 0.2) is 0 Å². The summed E-state index contributed by atoms with van der Waals surface area (Å²) in [4.78, 5) is 11.2. The second-order valence-corrected chi connectivity index (χ2v) is 6.04. The Balaban J connectivity index is 2.19. The molecule has 2 N–H and O–H groups in total. The van der Waals surface area contributed by atoms with Gasteiger partial charge in [0.05, 0.1) is 0 Å². The van der Waals surface area contributed by atoms with Crippen molar-refractivity contribution in [2.75, 3.05) is 37.8 Å². The fraction of sp³-hybridized carbons (Fsp3) is 0.444. The highest BCUT2D eigenvalue weighted by Crippen LogP contribution is 2.24. The Kier molecular flexibility index (Phi) is 5.93. The fourth-order valence-corrected chi connectivity index (χ4v) is 2.44. The molecule has 0 aliphatic carbocycles. The number of hydrogen-bond donors (Lipinski definition) is 2. The van der Waals surface area contributed by atoms with E-state index in [1.165, 1.54) is 11.1 Å². The van der Waals surface area contributed by atoms with Crippen molar-refractivity contribution in [3.63, 3.8) is 0 Å². The van der Waals surface area contributed by atoms with E-state index in [0.29, 0.717) is 5.95 Å². The van der Waals surface area contributed by atoms with Gasteiger partial charge in [-0.25, -0.2) is 4.98 Å². The predicted octanol–water partition coefficient (Wildman–Crippen LogP) is 3.37. The van der Waals surface area contributed by atoms with Crippen LogP contribution in [0.3, 0.4) is 0 Å². The molecular formula is C18H27N5. The third-order valence-corrected chi connectivity index (χ3v) is 3.70. The number of aryl methyl sites for hydroxylation is 3. The summed E-state index contributed by atoms with van der Waals surface area (Å²) in [5.41, 5.74) is 4.54. The SMILES string of the molecule is CCc1cccc(C)c1Nc1nc(C)cc(NCCN(C)C)n1. The first-order valence-electron chi connectivity index (χ1n) is 8.09. The van der Waals surface area contributed by atoms with E-state index in [1.54, 1.807) is 0 Å². The minimum atomic E-state index is 0.640. The van der Waals surface area contributed by atoms with E-state index in [9.17, 15) is 0 Å². The van der Waals surface area contributed by atoms with E-state index in [2.05, 4.69) is 71.6 Å². The van der Waals surface area contributed by atoms with Crippen molar-refractivity contribution in [3.05, 3.63) is 41.1 Å². The molecule has 0 bridgehead atoms. The average Bonchev–Trinajstić information content (AvgIpc) is 2.48. The maximum absolute atomic E-state index is 4.59. The van der Waals surface area contributed by atoms with Crippen molar-refractivity contribution in [2.24, 2.45) is 0 Å². The smallest absolute Gasteiger partial charge is 0.229 e. The van der Waals surface area contributed by atoms with Gasteiger partial charge >= 0.3 is 0 Å². The zero-order valence-corrected chi connectivity index (χ0v) is 14.8. The van der Waals surface area contributed by atoms with E-state index in [-0.39, 0.29) is 0 Å². The molecule has 2 rings (SSSR count). The van der Waals surface area contributed by atoms with Crippen LogP contribution in [0, 0.1) is 13.8 Å². The number of nitrogens with one attached hydrogen (secondary N) is 2. The number of anilines is 3. The van der Waals surface area contributed by atoms with Crippen LogP contribution in [-0.4, -0.2) is 42.1 Å². The van der Waals surface area contributed by atoms with Crippen LogP contribution in [-0.2, 0) is 6.42 Å². The Morgan fingerprint density at radius 3 is 2.61 bits per heavy atom. The molecule has 0 radical (unpaired) electrons. The largest absolute Gasteiger partial charge is 0.369 e. The molecule has 1 heterocycles. The molecule has 1 aromatic carbocycles. The number of nitrogens with zero attached hydrogens (tertiary/aromatic N) is 3. The molecular weight excluding hydrogens is 286 g/mol. The van der Waals surface area contributed by atoms with Crippen LogP contribution in [0.25, 0.3) is 0 Å². The minimum Gasteiger partial charge on any atom is -0.369 e. The van der Waals surface area contributed by atoms with Crippen LogP contribution < -0.4 is 10.6 Å². The molecule has 1 aromatic heterocycles. The molecule has 23 heavy (non-hydrogen) atoms. The van der Waals surface area contributed by atoms with Gasteiger partial charge in [-0.3, -0.25) is 0 Å². The van der Waals surface area contributed by atoms with Crippen LogP contribution in [0.1, 0.15) is 23.7 Å². The second-order valence-electron chi connectivity index (χ2n) is 6.04. The highest BCUT2D eigenvalue weighted by molar-refractivity contribution is 5.64. The van der Waals surface area contributed by atoms with Gasteiger partial charge in [0.25, 0.3) is 0 Å². The number of rotatable bonds is 7. The molecule has 5 nitrogen and oxygen atoms in total. The van der Waals surface area contributed by atoms with Gasteiger partial charge in [0.1, 0.15) is 5.82 Å². The summed E-state index contributed by atoms with van der Waals surface area (Å²) < 4.78 is 0. The average molecular weight is 313 g/mol. The number of benzene rings is 1. The van der Waals surface area contributed by atoms with Gasteiger partial charge in [-0.1, -0.05) is 25.1 Å². The number of hydrogen-bond acceptors (Lipinski definition) is 5. The summed E-state index contributed by atoms with van der Waals surface area (Å²) in [6.45, 7) is 8.07. The van der Waals surface area contributed by atoms with E-state index < -0.39 is 0 Å². The van der Waals surface area contributed by atoms with Crippen LogP contribution in [0.15, 0.2) is 24.3 Å². The first-order valence-corrected chi connectivity index (χ1v) is 8.09. The Labute approximate surface area is 139 Å². The van der Waals surface area contributed by atoms with Crippen LogP contribution in [0.5, 0.6) is 0 Å². The van der Waals surface area contributed by atoms with Gasteiger partial charge in [-0.15, -0.1) is 0 Å². The van der Waals surface area contributed by atoms with Crippen molar-refractivity contribution in [3.8, 4) is 0 Å². The molecule has 0 unspecified atom stereocenters. The van der Waals surface area contributed by atoms with Gasteiger partial charge in [0.2, 0.25) is 5.95 Å². The second kappa shape index (κ2) is 7.92. The van der Waals surface area contributed by atoms with Gasteiger partial charge in [0, 0.05) is 30.5 Å². The molecule has 0 saturated heterocycles. The predicted molar refractivity (Wildman–Crippen MR) is 97.7 cm³/mol. The van der Waals surface area contributed by atoms with Crippen molar-refractivity contribution >= 4 is 17.5 Å². The zero-order chi connectivity index (χ0) is 16.8. The first-order chi connectivity index (χ1) is 11.0. The lowest BCUT2D eigenvalue weighted by molar-refractivity contribution is 0.425. The summed E-state index contributed by atoms with van der Waals surface area (Å²) in [7, 11) is 4.12. The van der Waals surface area contributed by atoms with Crippen molar-refractivity contribution in [1.82, 2.24) is 14.9 Å². The number of aromatic nitrogens is 2. The van der Waals surface area contributed by atoms with Crippen molar-refractivity contribution < 1.29 is 0 Å². The van der Waals surface area contributed by atoms with Crippen LogP contribution >= 0.6 is 0 Å². The normalized spacial score (nSPS) is 10.9. The number of para-hydroxylation sites is 1. The summed E-state index contributed by atoms with van der Waals surface area (Å²) in [6, 6.07) is 8.30. The van der Waals surface area contributed by atoms with Gasteiger partial charge in [-0.05, 0) is 45.5 Å². The maximum Gasteiger partial charge on any atom is 0.229 e. The summed E-state index contributed by atoms with van der Waals surface area (Å²) >= 11 is 0. The standard InChI is InChI=1S/C18H27N5/c1-6-15-9-7-8-13(2)17(15)22-18-20-14(3)12-16(21-18)19-10-11-23(4)5/h7-9,12H,6,10-11H2,1-5H3,(H2,19,20,21,22). The maximum atomic E-state index is 4.59. The van der Waals surface area contributed by atoms with Crippen molar-refractivity contribution in [2.45, 2.75) is 27.2 Å². The highest BCUT2D eigenvalue weighted by atomic mass is 15.2. The van der Waals surface area contributed by atoms with E-state index in [1.807, 2.05) is 13.0 Å². The van der Waals surface area contributed by atoms with E-state index in [4.69, 9.17) is 0 Å². The summed E-state index contributed by atoms with van der Waals surface area (Å²) in [5, 5.41) is 6.75. The lowest BCUT2D eigenvalue weighted by Crippen LogP contribution is -2.21. The van der Waals surface area contributed by atoms with Crippen molar-refractivity contribution in [1.29, 1.82) is 0 Å². The lowest BCUT2D eigenvalue weighted by atomic mass is 10.1. The Morgan fingerprint density at radius 2 is 1.91 bits per heavy atom. The quantitative estimate of drug-likeness (QED) is 0.821. The molecule has 124 valence electrons. The minimum absolute atomic E-state index is 0.640. The lowest BCUT2D eigenvalue weighted by Gasteiger charge is -2.15. The first kappa shape index (κ1) is 17.2.